The van der Waals surface area contributed by atoms with Crippen LogP contribution in [0.1, 0.15) is 20.3 Å². The summed E-state index contributed by atoms with van der Waals surface area (Å²) < 4.78 is 11.4. The molecule has 2 aliphatic rings. The number of likely N-dealkylation sites (N-methyl/N-ethyl adjacent to an activating group) is 1. The number of aliphatic imine (C=N–C) groups is 1. The molecule has 2 heterocycles. The number of piperazine rings is 1. The van der Waals surface area contributed by atoms with Crippen LogP contribution in [-0.2, 0) is 0 Å². The highest BCUT2D eigenvalue weighted by atomic mass is 127. The van der Waals surface area contributed by atoms with Crippen molar-refractivity contribution in [3.8, 4) is 11.5 Å². The number of anilines is 1. The number of hydrogen-bond donors (Lipinski definition) is 2. The Morgan fingerprint density at radius 2 is 1.82 bits per heavy atom. The lowest BCUT2D eigenvalue weighted by Gasteiger charge is -2.35. The molecule has 2 aliphatic heterocycles. The van der Waals surface area contributed by atoms with E-state index in [1.54, 1.807) is 0 Å². The maximum atomic E-state index is 6.08. The maximum Gasteiger partial charge on any atom is 0.193 e. The van der Waals surface area contributed by atoms with Crippen molar-refractivity contribution in [1.29, 1.82) is 0 Å². The Hall–Kier alpha value is -1.26. The van der Waals surface area contributed by atoms with Gasteiger partial charge in [-0.1, -0.05) is 13.8 Å². The summed E-state index contributed by atoms with van der Waals surface area (Å²) in [4.78, 5) is 9.54. The number of hydrogen-bond acceptors (Lipinski definition) is 5. The second-order valence-electron chi connectivity index (χ2n) is 7.40. The highest BCUT2D eigenvalue weighted by Crippen LogP contribution is 2.32. The normalized spacial score (nSPS) is 19.4. The first kappa shape index (κ1) is 23.0. The molecule has 0 bridgehead atoms. The van der Waals surface area contributed by atoms with Crippen molar-refractivity contribution in [3.63, 3.8) is 0 Å². The van der Waals surface area contributed by atoms with Gasteiger partial charge >= 0.3 is 0 Å². The Balaban J connectivity index is 0.00000280. The molecule has 0 aliphatic carbocycles. The molecular weight excluding hydrogens is 469 g/mol. The van der Waals surface area contributed by atoms with Crippen molar-refractivity contribution < 1.29 is 9.47 Å². The van der Waals surface area contributed by atoms with Gasteiger partial charge in [0.05, 0.1) is 13.2 Å². The molecule has 0 aromatic heterocycles. The Bertz CT molecular complexity index is 635. The fraction of sp³-hybridized carbons (Fsp3) is 0.650. The van der Waals surface area contributed by atoms with E-state index in [4.69, 9.17) is 15.2 Å². The Morgan fingerprint density at radius 3 is 2.54 bits per heavy atom. The van der Waals surface area contributed by atoms with Crippen LogP contribution in [0, 0.1) is 5.92 Å². The molecule has 28 heavy (non-hydrogen) atoms. The van der Waals surface area contributed by atoms with Gasteiger partial charge in [-0.25, -0.2) is 0 Å². The molecule has 1 atom stereocenters. The Kier molecular flexibility index (Phi) is 9.60. The van der Waals surface area contributed by atoms with Crippen molar-refractivity contribution in [2.24, 2.45) is 16.6 Å². The lowest BCUT2D eigenvalue weighted by Crippen LogP contribution is -2.47. The average molecular weight is 503 g/mol. The van der Waals surface area contributed by atoms with Crippen LogP contribution in [0.25, 0.3) is 0 Å². The van der Waals surface area contributed by atoms with Gasteiger partial charge in [0, 0.05) is 57.4 Å². The van der Waals surface area contributed by atoms with Gasteiger partial charge in [-0.3, -0.25) is 4.99 Å². The maximum absolute atomic E-state index is 6.08. The number of rotatable bonds is 6. The second-order valence-corrected chi connectivity index (χ2v) is 7.40. The smallest absolute Gasteiger partial charge is 0.193 e. The number of halogens is 1. The molecule has 1 aromatic rings. The van der Waals surface area contributed by atoms with Crippen LogP contribution in [-0.4, -0.2) is 74.8 Å². The number of nitrogens with zero attached hydrogens (tertiary/aromatic N) is 3. The van der Waals surface area contributed by atoms with E-state index < -0.39 is 0 Å². The molecule has 1 aromatic carbocycles. The summed E-state index contributed by atoms with van der Waals surface area (Å²) in [5, 5.41) is 3.16. The van der Waals surface area contributed by atoms with E-state index in [9.17, 15) is 0 Å². The molecule has 3 rings (SSSR count). The third-order valence-corrected chi connectivity index (χ3v) is 5.08. The van der Waals surface area contributed by atoms with Gasteiger partial charge in [-0.05, 0) is 24.6 Å². The van der Waals surface area contributed by atoms with Gasteiger partial charge < -0.3 is 30.3 Å². The molecule has 7 nitrogen and oxygen atoms in total. The predicted molar refractivity (Wildman–Crippen MR) is 125 cm³/mol. The van der Waals surface area contributed by atoms with Crippen molar-refractivity contribution in [3.05, 3.63) is 18.2 Å². The summed E-state index contributed by atoms with van der Waals surface area (Å²) in [5.74, 6) is 2.45. The van der Waals surface area contributed by atoms with E-state index in [0.29, 0.717) is 25.1 Å². The standard InChI is InChI=1S/C20H33N5O2.HI/c1-3-24-7-9-25(10-8-24)15-16(2)14-22-20(21)23-17-5-6-18-19(13-17)27-12-4-11-26-18;/h5-6,13,16H,3-4,7-12,14-15H2,1-2H3,(H3,21,22,23);1H. The molecule has 0 spiro atoms. The molecule has 3 N–H and O–H groups in total. The molecule has 1 unspecified atom stereocenters. The Morgan fingerprint density at radius 1 is 1.14 bits per heavy atom. The SMILES string of the molecule is CCN1CCN(CC(C)CN=C(N)Nc2ccc3c(c2)OCCCO3)CC1.I. The van der Waals surface area contributed by atoms with E-state index in [-0.39, 0.29) is 24.0 Å². The summed E-state index contributed by atoms with van der Waals surface area (Å²) >= 11 is 0. The zero-order valence-electron chi connectivity index (χ0n) is 17.0. The highest BCUT2D eigenvalue weighted by Gasteiger charge is 2.17. The van der Waals surface area contributed by atoms with Crippen LogP contribution in [0.15, 0.2) is 23.2 Å². The zero-order chi connectivity index (χ0) is 19.1. The molecule has 0 radical (unpaired) electrons. The molecule has 8 heteroatoms. The first-order valence-electron chi connectivity index (χ1n) is 10.1. The van der Waals surface area contributed by atoms with Crippen molar-refractivity contribution in [2.75, 3.05) is 64.3 Å². The quantitative estimate of drug-likeness (QED) is 0.353. The summed E-state index contributed by atoms with van der Waals surface area (Å²) in [7, 11) is 0. The number of guanidine groups is 1. The summed E-state index contributed by atoms with van der Waals surface area (Å²) in [6.45, 7) is 13.4. The van der Waals surface area contributed by atoms with Gasteiger partial charge in [0.2, 0.25) is 0 Å². The first-order valence-corrected chi connectivity index (χ1v) is 10.1. The summed E-state index contributed by atoms with van der Waals surface area (Å²) in [5.41, 5.74) is 6.94. The van der Waals surface area contributed by atoms with Crippen LogP contribution in [0.5, 0.6) is 11.5 Å². The fourth-order valence-electron chi connectivity index (χ4n) is 3.47. The number of fused-ring (bicyclic) bond motifs is 1. The lowest BCUT2D eigenvalue weighted by molar-refractivity contribution is 0.125. The topological polar surface area (TPSA) is 75.4 Å². The van der Waals surface area contributed by atoms with E-state index in [1.165, 1.54) is 13.1 Å². The first-order chi connectivity index (χ1) is 13.1. The minimum absolute atomic E-state index is 0. The Labute approximate surface area is 185 Å². The van der Waals surface area contributed by atoms with Crippen LogP contribution in [0.4, 0.5) is 5.69 Å². The third kappa shape index (κ3) is 6.97. The second kappa shape index (κ2) is 11.7. The molecule has 1 fully saturated rings. The molecular formula is C20H34IN5O2. The summed E-state index contributed by atoms with van der Waals surface area (Å²) in [6, 6.07) is 5.76. The van der Waals surface area contributed by atoms with Crippen molar-refractivity contribution in [2.45, 2.75) is 20.3 Å². The van der Waals surface area contributed by atoms with Gasteiger partial charge in [-0.15, -0.1) is 24.0 Å². The number of ether oxygens (including phenoxy) is 2. The van der Waals surface area contributed by atoms with Gasteiger partial charge in [0.1, 0.15) is 0 Å². The van der Waals surface area contributed by atoms with Crippen LogP contribution in [0.2, 0.25) is 0 Å². The minimum atomic E-state index is 0. The van der Waals surface area contributed by atoms with Crippen molar-refractivity contribution >= 4 is 35.6 Å². The van der Waals surface area contributed by atoms with Gasteiger partial charge in [0.15, 0.2) is 17.5 Å². The largest absolute Gasteiger partial charge is 0.490 e. The minimum Gasteiger partial charge on any atom is -0.490 e. The van der Waals surface area contributed by atoms with Crippen molar-refractivity contribution in [1.82, 2.24) is 9.80 Å². The summed E-state index contributed by atoms with van der Waals surface area (Å²) in [6.07, 6.45) is 0.895. The molecule has 1 saturated heterocycles. The third-order valence-electron chi connectivity index (χ3n) is 5.08. The monoisotopic (exact) mass is 503 g/mol. The van der Waals surface area contributed by atoms with E-state index in [0.717, 1.165) is 56.3 Å². The zero-order valence-corrected chi connectivity index (χ0v) is 19.4. The fourth-order valence-corrected chi connectivity index (χ4v) is 3.47. The van der Waals surface area contributed by atoms with E-state index >= 15 is 0 Å². The predicted octanol–water partition coefficient (Wildman–Crippen LogP) is 2.47. The highest BCUT2D eigenvalue weighted by molar-refractivity contribution is 14.0. The molecule has 0 saturated carbocycles. The molecule has 0 amide bonds. The van der Waals surface area contributed by atoms with E-state index in [1.807, 2.05) is 18.2 Å². The lowest BCUT2D eigenvalue weighted by atomic mass is 10.1. The average Bonchev–Trinajstić information content (AvgIpc) is 2.92. The van der Waals surface area contributed by atoms with Crippen LogP contribution in [0.3, 0.4) is 0 Å². The van der Waals surface area contributed by atoms with E-state index in [2.05, 4.69) is 34.0 Å². The van der Waals surface area contributed by atoms with Gasteiger partial charge in [-0.2, -0.15) is 0 Å². The van der Waals surface area contributed by atoms with Gasteiger partial charge in [0.25, 0.3) is 0 Å². The van der Waals surface area contributed by atoms with Crippen LogP contribution < -0.4 is 20.5 Å². The molecule has 158 valence electrons. The number of nitrogens with one attached hydrogen (secondary N) is 1. The van der Waals surface area contributed by atoms with Crippen LogP contribution >= 0.6 is 24.0 Å². The number of benzene rings is 1. The number of nitrogens with two attached hydrogens (primary N) is 1.